The number of hydrogen-bond donors (Lipinski definition) is 2. The van der Waals surface area contributed by atoms with E-state index in [-0.39, 0.29) is 0 Å². The van der Waals surface area contributed by atoms with Crippen LogP contribution < -0.4 is 0 Å². The summed E-state index contributed by atoms with van der Waals surface area (Å²) in [6.07, 6.45) is -2.53. The molecule has 0 saturated heterocycles. The molecular formula is C8H16N2O4. The molecule has 0 radical (unpaired) electrons. The Morgan fingerprint density at radius 3 is 1.14 bits per heavy atom. The van der Waals surface area contributed by atoms with Gasteiger partial charge in [-0.1, -0.05) is 0 Å². The first kappa shape index (κ1) is 12.5. The minimum absolute atomic E-state index is 0.411. The van der Waals surface area contributed by atoms with Gasteiger partial charge in [0.05, 0.1) is 12.1 Å². The molecule has 0 aliphatic heterocycles. The average molecular weight is 204 g/mol. The Morgan fingerprint density at radius 2 is 1.07 bits per heavy atom. The van der Waals surface area contributed by atoms with Gasteiger partial charge in [0.1, 0.15) is 0 Å². The van der Waals surface area contributed by atoms with E-state index in [2.05, 4.69) is 0 Å². The van der Waals surface area contributed by atoms with Crippen LogP contribution in [-0.4, -0.2) is 44.5 Å². The highest BCUT2D eigenvalue weighted by Gasteiger charge is 2.29. The van der Waals surface area contributed by atoms with Crippen LogP contribution >= 0.6 is 0 Å². The van der Waals surface area contributed by atoms with Crippen molar-refractivity contribution in [3.63, 3.8) is 0 Å². The summed E-state index contributed by atoms with van der Waals surface area (Å²) < 4.78 is 0. The molecule has 0 bridgehead atoms. The topological polar surface area (TPSA) is 81.1 Å². The van der Waals surface area contributed by atoms with Gasteiger partial charge in [0.2, 0.25) is 0 Å². The first-order chi connectivity index (χ1) is 6.29. The molecule has 2 N–H and O–H groups in total. The van der Waals surface area contributed by atoms with Crippen LogP contribution in [0, 0.1) is 0 Å². The van der Waals surface area contributed by atoms with E-state index in [1.807, 2.05) is 0 Å². The summed E-state index contributed by atoms with van der Waals surface area (Å²) in [7, 11) is 0. The molecular weight excluding hydrogens is 188 g/mol. The summed E-state index contributed by atoms with van der Waals surface area (Å²) in [6, 6.07) is -0.822. The van der Waals surface area contributed by atoms with E-state index in [0.717, 1.165) is 10.0 Å². The molecule has 0 rings (SSSR count). The zero-order valence-electron chi connectivity index (χ0n) is 8.76. The van der Waals surface area contributed by atoms with E-state index in [1.54, 1.807) is 27.7 Å². The first-order valence-electron chi connectivity index (χ1n) is 4.33. The van der Waals surface area contributed by atoms with Crippen LogP contribution in [0.1, 0.15) is 27.7 Å². The lowest BCUT2D eigenvalue weighted by Gasteiger charge is -2.35. The van der Waals surface area contributed by atoms with Gasteiger partial charge in [-0.25, -0.2) is 19.6 Å². The maximum Gasteiger partial charge on any atom is 0.426 e. The Labute approximate surface area is 82.7 Å². The number of carbonyl (C=O) groups is 2. The van der Waals surface area contributed by atoms with Gasteiger partial charge in [0, 0.05) is 0 Å². The largest absolute Gasteiger partial charge is 0.464 e. The summed E-state index contributed by atoms with van der Waals surface area (Å²) in [5, 5.41) is 19.3. The van der Waals surface area contributed by atoms with Crippen molar-refractivity contribution in [2.24, 2.45) is 0 Å². The maximum atomic E-state index is 10.8. The van der Waals surface area contributed by atoms with Crippen molar-refractivity contribution in [2.75, 3.05) is 0 Å². The molecule has 2 amide bonds. The number of carboxylic acid groups (broad SMARTS) is 2. The highest BCUT2D eigenvalue weighted by molar-refractivity contribution is 5.72. The van der Waals surface area contributed by atoms with Gasteiger partial charge >= 0.3 is 12.2 Å². The Kier molecular flexibility index (Phi) is 4.20. The molecule has 82 valence electrons. The van der Waals surface area contributed by atoms with Crippen LogP contribution in [0.15, 0.2) is 0 Å². The molecule has 0 aliphatic rings. The Hall–Kier alpha value is -1.46. The van der Waals surface area contributed by atoms with Gasteiger partial charge in [0.15, 0.2) is 0 Å². The third-order valence-corrected chi connectivity index (χ3v) is 1.60. The molecule has 0 atom stereocenters. The van der Waals surface area contributed by atoms with Crippen molar-refractivity contribution in [3.05, 3.63) is 0 Å². The molecule has 0 unspecified atom stereocenters. The van der Waals surface area contributed by atoms with E-state index in [1.165, 1.54) is 0 Å². The van der Waals surface area contributed by atoms with Gasteiger partial charge in [-0.2, -0.15) is 0 Å². The van der Waals surface area contributed by atoms with Crippen LogP contribution in [0.25, 0.3) is 0 Å². The van der Waals surface area contributed by atoms with Crippen LogP contribution in [0.4, 0.5) is 9.59 Å². The Balaban J connectivity index is 4.93. The first-order valence-corrected chi connectivity index (χ1v) is 4.33. The molecule has 6 heteroatoms. The van der Waals surface area contributed by atoms with Crippen molar-refractivity contribution in [3.8, 4) is 0 Å². The summed E-state index contributed by atoms with van der Waals surface area (Å²) in [4.78, 5) is 21.6. The van der Waals surface area contributed by atoms with E-state index >= 15 is 0 Å². The van der Waals surface area contributed by atoms with Gasteiger partial charge in [-0.3, -0.25) is 0 Å². The van der Waals surface area contributed by atoms with E-state index in [0.29, 0.717) is 0 Å². The zero-order valence-corrected chi connectivity index (χ0v) is 8.76. The summed E-state index contributed by atoms with van der Waals surface area (Å²) in [6.45, 7) is 6.47. The Bertz CT molecular complexity index is 203. The monoisotopic (exact) mass is 204 g/mol. The second-order valence-electron chi connectivity index (χ2n) is 3.44. The predicted octanol–water partition coefficient (Wildman–Crippen LogP) is 1.68. The third-order valence-electron chi connectivity index (χ3n) is 1.60. The van der Waals surface area contributed by atoms with E-state index in [9.17, 15) is 9.59 Å². The maximum absolute atomic E-state index is 10.8. The molecule has 14 heavy (non-hydrogen) atoms. The number of nitrogens with zero attached hydrogens (tertiary/aromatic N) is 2. The normalized spacial score (nSPS) is 10.4. The second-order valence-corrected chi connectivity index (χ2v) is 3.44. The van der Waals surface area contributed by atoms with E-state index in [4.69, 9.17) is 10.2 Å². The molecule has 0 heterocycles. The van der Waals surface area contributed by atoms with Crippen LogP contribution in [0.3, 0.4) is 0 Å². The lowest BCUT2D eigenvalue weighted by Crippen LogP contribution is -2.55. The summed E-state index contributed by atoms with van der Waals surface area (Å²) in [5.41, 5.74) is 0. The number of hydrazine groups is 1. The van der Waals surface area contributed by atoms with Crippen molar-refractivity contribution >= 4 is 12.2 Å². The number of amides is 2. The number of hydrogen-bond acceptors (Lipinski definition) is 2. The summed E-state index contributed by atoms with van der Waals surface area (Å²) >= 11 is 0. The fourth-order valence-corrected chi connectivity index (χ4v) is 1.12. The molecule has 0 spiro atoms. The van der Waals surface area contributed by atoms with Crippen molar-refractivity contribution in [1.29, 1.82) is 0 Å². The van der Waals surface area contributed by atoms with Crippen LogP contribution in [-0.2, 0) is 0 Å². The molecule has 0 fully saturated rings. The van der Waals surface area contributed by atoms with Crippen LogP contribution in [0.5, 0.6) is 0 Å². The SMILES string of the molecule is CC(C)N(C(=O)O)N(C(=O)O)C(C)C. The average Bonchev–Trinajstić information content (AvgIpc) is 1.96. The number of rotatable bonds is 2. The molecule has 0 aromatic heterocycles. The minimum Gasteiger partial charge on any atom is -0.464 e. The van der Waals surface area contributed by atoms with Gasteiger partial charge in [0.25, 0.3) is 0 Å². The summed E-state index contributed by atoms with van der Waals surface area (Å²) in [5.74, 6) is 0. The van der Waals surface area contributed by atoms with E-state index < -0.39 is 24.3 Å². The second kappa shape index (κ2) is 4.69. The Morgan fingerprint density at radius 1 is 0.857 bits per heavy atom. The van der Waals surface area contributed by atoms with Crippen molar-refractivity contribution in [1.82, 2.24) is 10.0 Å². The van der Waals surface area contributed by atoms with Gasteiger partial charge in [-0.05, 0) is 27.7 Å². The smallest absolute Gasteiger partial charge is 0.426 e. The molecule has 0 aromatic rings. The molecule has 6 nitrogen and oxygen atoms in total. The third kappa shape index (κ3) is 2.79. The van der Waals surface area contributed by atoms with Gasteiger partial charge in [-0.15, -0.1) is 0 Å². The molecule has 0 aromatic carbocycles. The quantitative estimate of drug-likeness (QED) is 0.670. The highest BCUT2D eigenvalue weighted by Crippen LogP contribution is 2.09. The molecule has 0 saturated carbocycles. The van der Waals surface area contributed by atoms with Crippen molar-refractivity contribution < 1.29 is 19.8 Å². The van der Waals surface area contributed by atoms with Crippen LogP contribution in [0.2, 0.25) is 0 Å². The molecule has 0 aliphatic carbocycles. The van der Waals surface area contributed by atoms with Crippen molar-refractivity contribution in [2.45, 2.75) is 39.8 Å². The fraction of sp³-hybridized carbons (Fsp3) is 0.750. The highest BCUT2D eigenvalue weighted by atomic mass is 16.4. The fourth-order valence-electron chi connectivity index (χ4n) is 1.12. The lowest BCUT2D eigenvalue weighted by atomic mass is 10.3. The standard InChI is InChI=1S/C8H16N2O4/c1-5(2)9(7(11)12)10(6(3)4)8(13)14/h5-6H,1-4H3,(H,11,12)(H,13,14). The minimum atomic E-state index is -1.27. The van der Waals surface area contributed by atoms with Gasteiger partial charge < -0.3 is 10.2 Å². The predicted molar refractivity (Wildman–Crippen MR) is 50.0 cm³/mol. The lowest BCUT2D eigenvalue weighted by molar-refractivity contribution is -0.0351. The zero-order chi connectivity index (χ0) is 11.5.